The van der Waals surface area contributed by atoms with Gasteiger partial charge in [-0.3, -0.25) is 14.5 Å². The van der Waals surface area contributed by atoms with Gasteiger partial charge in [0.2, 0.25) is 4.77 Å². The highest BCUT2D eigenvalue weighted by Crippen LogP contribution is 2.23. The first kappa shape index (κ1) is 18.7. The Kier molecular flexibility index (Phi) is 5.92. The molecule has 0 aliphatic carbocycles. The first-order valence-electron chi connectivity index (χ1n) is 8.89. The van der Waals surface area contributed by atoms with E-state index in [2.05, 4.69) is 9.88 Å². The molecule has 0 radical (unpaired) electrons. The van der Waals surface area contributed by atoms with Crippen LogP contribution in [0.3, 0.4) is 0 Å². The number of pyridine rings is 1. The fourth-order valence-corrected chi connectivity index (χ4v) is 4.48. The quantitative estimate of drug-likeness (QED) is 0.584. The van der Waals surface area contributed by atoms with Crippen LogP contribution < -0.4 is 0 Å². The molecule has 1 saturated heterocycles. The third-order valence-corrected chi connectivity index (χ3v) is 6.21. The van der Waals surface area contributed by atoms with E-state index in [1.54, 1.807) is 12.4 Å². The predicted octanol–water partition coefficient (Wildman–Crippen LogP) is 4.52. The average Bonchev–Trinajstić information content (AvgIpc) is 2.86. The van der Waals surface area contributed by atoms with Crippen LogP contribution in [-0.2, 0) is 6.67 Å². The van der Waals surface area contributed by atoms with Gasteiger partial charge in [0.15, 0.2) is 5.82 Å². The van der Waals surface area contributed by atoms with Gasteiger partial charge in [-0.25, -0.2) is 4.68 Å². The van der Waals surface area contributed by atoms with Gasteiger partial charge in [0.1, 0.15) is 0 Å². The molecule has 0 N–H and O–H groups in total. The molecule has 2 aromatic heterocycles. The van der Waals surface area contributed by atoms with Gasteiger partial charge in [-0.05, 0) is 60.8 Å². The lowest BCUT2D eigenvalue weighted by molar-refractivity contribution is 0.221. The van der Waals surface area contributed by atoms with Gasteiger partial charge in [0.25, 0.3) is 0 Å². The van der Waals surface area contributed by atoms with E-state index in [1.807, 2.05) is 57.4 Å². The molecule has 0 atom stereocenters. The summed E-state index contributed by atoms with van der Waals surface area (Å²) < 4.78 is 4.62. The SMILES string of the molecule is S=c1n(CN2CCCSCC2)nc(-c2ccncc2)n1-c1ccc(Cl)cc1. The van der Waals surface area contributed by atoms with Gasteiger partial charge in [-0.1, -0.05) is 11.6 Å². The van der Waals surface area contributed by atoms with Crippen molar-refractivity contribution in [3.8, 4) is 17.1 Å². The highest BCUT2D eigenvalue weighted by molar-refractivity contribution is 7.99. The summed E-state index contributed by atoms with van der Waals surface area (Å²) in [7, 11) is 0. The number of rotatable bonds is 4. The van der Waals surface area contributed by atoms with Crippen LogP contribution in [0.25, 0.3) is 17.1 Å². The number of thioether (sulfide) groups is 1. The summed E-state index contributed by atoms with van der Waals surface area (Å²) in [5.41, 5.74) is 1.94. The second-order valence-corrected chi connectivity index (χ2v) is 8.41. The molecule has 0 amide bonds. The Hall–Kier alpha value is -1.67. The zero-order valence-corrected chi connectivity index (χ0v) is 17.2. The van der Waals surface area contributed by atoms with Gasteiger partial charge in [0.05, 0.1) is 12.4 Å². The Balaban J connectivity index is 1.77. The molecular formula is C19H20ClN5S2. The molecule has 27 heavy (non-hydrogen) atoms. The molecule has 4 rings (SSSR count). The fraction of sp³-hybridized carbons (Fsp3) is 0.316. The van der Waals surface area contributed by atoms with Gasteiger partial charge >= 0.3 is 0 Å². The summed E-state index contributed by atoms with van der Waals surface area (Å²) in [5.74, 6) is 3.19. The minimum Gasteiger partial charge on any atom is -0.283 e. The molecule has 0 spiro atoms. The smallest absolute Gasteiger partial charge is 0.204 e. The number of benzene rings is 1. The van der Waals surface area contributed by atoms with Crippen LogP contribution >= 0.6 is 35.6 Å². The monoisotopic (exact) mass is 417 g/mol. The van der Waals surface area contributed by atoms with E-state index in [-0.39, 0.29) is 0 Å². The highest BCUT2D eigenvalue weighted by atomic mass is 35.5. The number of aromatic nitrogens is 4. The van der Waals surface area contributed by atoms with E-state index < -0.39 is 0 Å². The van der Waals surface area contributed by atoms with E-state index in [4.69, 9.17) is 28.9 Å². The van der Waals surface area contributed by atoms with Gasteiger partial charge in [-0.2, -0.15) is 11.8 Å². The summed E-state index contributed by atoms with van der Waals surface area (Å²) in [4.78, 5) is 6.54. The summed E-state index contributed by atoms with van der Waals surface area (Å²) in [6.07, 6.45) is 4.75. The second-order valence-electron chi connectivity index (χ2n) is 6.38. The second kappa shape index (κ2) is 8.56. The van der Waals surface area contributed by atoms with Gasteiger partial charge < -0.3 is 0 Å². The highest BCUT2D eigenvalue weighted by Gasteiger charge is 2.17. The van der Waals surface area contributed by atoms with Crippen molar-refractivity contribution in [2.75, 3.05) is 24.6 Å². The molecule has 3 aromatic rings. The number of hydrogen-bond donors (Lipinski definition) is 0. The Bertz CT molecular complexity index is 944. The first-order chi connectivity index (χ1) is 13.2. The molecule has 8 heteroatoms. The van der Waals surface area contributed by atoms with Gasteiger partial charge in [0, 0.05) is 41.8 Å². The van der Waals surface area contributed by atoms with E-state index in [1.165, 1.54) is 12.2 Å². The lowest BCUT2D eigenvalue weighted by Crippen LogP contribution is -2.29. The number of nitrogens with zero attached hydrogens (tertiary/aromatic N) is 5. The van der Waals surface area contributed by atoms with E-state index >= 15 is 0 Å². The topological polar surface area (TPSA) is 38.9 Å². The predicted molar refractivity (Wildman–Crippen MR) is 114 cm³/mol. The molecule has 0 bridgehead atoms. The third-order valence-electron chi connectivity index (χ3n) is 4.51. The summed E-state index contributed by atoms with van der Waals surface area (Å²) in [5, 5.41) is 5.57. The van der Waals surface area contributed by atoms with Crippen LogP contribution in [0.4, 0.5) is 0 Å². The van der Waals surface area contributed by atoms with Crippen LogP contribution in [0, 0.1) is 4.77 Å². The molecule has 1 aliphatic heterocycles. The maximum atomic E-state index is 6.07. The Labute approximate surface area is 173 Å². The third kappa shape index (κ3) is 4.27. The summed E-state index contributed by atoms with van der Waals surface area (Å²) in [6.45, 7) is 2.84. The van der Waals surface area contributed by atoms with Crippen molar-refractivity contribution in [3.05, 3.63) is 58.6 Å². The van der Waals surface area contributed by atoms with Crippen molar-refractivity contribution < 1.29 is 0 Å². The molecule has 5 nitrogen and oxygen atoms in total. The molecule has 140 valence electrons. The number of hydrogen-bond acceptors (Lipinski definition) is 5. The minimum absolute atomic E-state index is 0.682. The van der Waals surface area contributed by atoms with Crippen molar-refractivity contribution in [3.63, 3.8) is 0 Å². The van der Waals surface area contributed by atoms with Crippen LogP contribution in [0.1, 0.15) is 6.42 Å². The molecule has 1 aromatic carbocycles. The van der Waals surface area contributed by atoms with Crippen molar-refractivity contribution in [1.82, 2.24) is 24.2 Å². The molecular weight excluding hydrogens is 398 g/mol. The standard InChI is InChI=1S/C19H20ClN5S2/c20-16-2-4-17(5-3-16)25-18(15-6-8-21-9-7-15)22-24(19(25)26)14-23-10-1-12-27-13-11-23/h2-9H,1,10-14H2. The Morgan fingerprint density at radius 2 is 1.81 bits per heavy atom. The molecule has 1 aliphatic rings. The van der Waals surface area contributed by atoms with Crippen LogP contribution in [0.5, 0.6) is 0 Å². The molecule has 0 unspecified atom stereocenters. The molecule has 3 heterocycles. The largest absolute Gasteiger partial charge is 0.283 e. The minimum atomic E-state index is 0.682. The lowest BCUT2D eigenvalue weighted by atomic mass is 10.2. The zero-order valence-electron chi connectivity index (χ0n) is 14.8. The van der Waals surface area contributed by atoms with Crippen LogP contribution in [0.15, 0.2) is 48.8 Å². The molecule has 0 saturated carbocycles. The Morgan fingerprint density at radius 1 is 1.04 bits per heavy atom. The fourth-order valence-electron chi connectivity index (χ4n) is 3.14. The first-order valence-corrected chi connectivity index (χ1v) is 10.8. The van der Waals surface area contributed by atoms with Crippen molar-refractivity contribution >= 4 is 35.6 Å². The zero-order chi connectivity index (χ0) is 18.6. The van der Waals surface area contributed by atoms with E-state index in [0.717, 1.165) is 35.9 Å². The van der Waals surface area contributed by atoms with Crippen molar-refractivity contribution in [1.29, 1.82) is 0 Å². The number of halogens is 1. The van der Waals surface area contributed by atoms with Gasteiger partial charge in [-0.15, -0.1) is 5.10 Å². The maximum Gasteiger partial charge on any atom is 0.204 e. The van der Waals surface area contributed by atoms with E-state index in [0.29, 0.717) is 16.5 Å². The summed E-state index contributed by atoms with van der Waals surface area (Å²) >= 11 is 13.9. The van der Waals surface area contributed by atoms with Crippen molar-refractivity contribution in [2.45, 2.75) is 13.1 Å². The van der Waals surface area contributed by atoms with E-state index in [9.17, 15) is 0 Å². The van der Waals surface area contributed by atoms with Crippen molar-refractivity contribution in [2.24, 2.45) is 0 Å². The molecule has 1 fully saturated rings. The average molecular weight is 418 g/mol. The van der Waals surface area contributed by atoms with Crippen LogP contribution in [0.2, 0.25) is 5.02 Å². The maximum absolute atomic E-state index is 6.07. The Morgan fingerprint density at radius 3 is 2.59 bits per heavy atom. The summed E-state index contributed by atoms with van der Waals surface area (Å²) in [6, 6.07) is 11.6. The van der Waals surface area contributed by atoms with Crippen LogP contribution in [-0.4, -0.2) is 48.8 Å². The lowest BCUT2D eigenvalue weighted by Gasteiger charge is -2.18. The normalized spacial score (nSPS) is 15.6.